The Morgan fingerprint density at radius 3 is 2.50 bits per heavy atom. The average molecular weight is 369 g/mol. The van der Waals surface area contributed by atoms with Crippen molar-refractivity contribution in [1.82, 2.24) is 0 Å². The van der Waals surface area contributed by atoms with Crippen molar-refractivity contribution >= 4 is 44.9 Å². The summed E-state index contributed by atoms with van der Waals surface area (Å²) in [4.78, 5) is 12.5. The Morgan fingerprint density at radius 2 is 1.90 bits per heavy atom. The molecule has 100 valence electrons. The van der Waals surface area contributed by atoms with E-state index < -0.39 is 5.92 Å². The van der Waals surface area contributed by atoms with Gasteiger partial charge >= 0.3 is 0 Å². The van der Waals surface area contributed by atoms with E-state index in [-0.39, 0.29) is 5.78 Å². The van der Waals surface area contributed by atoms with Gasteiger partial charge in [-0.3, -0.25) is 4.79 Å². The number of hydrogen-bond donors (Lipinski definition) is 0. The van der Waals surface area contributed by atoms with Crippen LogP contribution in [-0.2, 0) is 0 Å². The van der Waals surface area contributed by atoms with Crippen LogP contribution in [-0.4, -0.2) is 5.78 Å². The van der Waals surface area contributed by atoms with Crippen LogP contribution in [0.4, 0.5) is 0 Å². The molecule has 0 radical (unpaired) electrons. The number of nitrogens with zero attached hydrogens (tertiary/aromatic N) is 1. The number of benzene rings is 2. The van der Waals surface area contributed by atoms with Crippen molar-refractivity contribution in [3.63, 3.8) is 0 Å². The fourth-order valence-corrected chi connectivity index (χ4v) is 2.95. The molecule has 2 nitrogen and oxygen atoms in total. The molecular weight excluding hydrogens is 361 g/mol. The Hall–Kier alpha value is -1.34. The van der Waals surface area contributed by atoms with Gasteiger partial charge in [0, 0.05) is 20.1 Å². The summed E-state index contributed by atoms with van der Waals surface area (Å²) in [6.45, 7) is 0. The van der Waals surface area contributed by atoms with Crippen LogP contribution in [0, 0.1) is 11.3 Å². The first kappa shape index (κ1) is 15.1. The SMILES string of the molecule is N#CC(C(=O)c1cc(Cl)cc(Br)c1)c1ccccc1Cl. The number of ketones is 1. The maximum Gasteiger partial charge on any atom is 0.184 e. The zero-order chi connectivity index (χ0) is 14.7. The highest BCUT2D eigenvalue weighted by atomic mass is 79.9. The Kier molecular flexibility index (Phi) is 4.82. The van der Waals surface area contributed by atoms with Crippen LogP contribution in [0.15, 0.2) is 46.9 Å². The Bertz CT molecular complexity index is 689. The van der Waals surface area contributed by atoms with Gasteiger partial charge in [0.25, 0.3) is 0 Å². The molecule has 0 bridgehead atoms. The van der Waals surface area contributed by atoms with Crippen LogP contribution in [0.5, 0.6) is 0 Å². The maximum absolute atomic E-state index is 12.5. The molecule has 1 unspecified atom stereocenters. The minimum absolute atomic E-state index is 0.330. The van der Waals surface area contributed by atoms with E-state index in [0.29, 0.717) is 25.6 Å². The molecule has 20 heavy (non-hydrogen) atoms. The molecular formula is C15H8BrCl2NO. The van der Waals surface area contributed by atoms with Crippen LogP contribution in [0.1, 0.15) is 21.8 Å². The molecule has 2 aromatic rings. The first-order chi connectivity index (χ1) is 9.52. The number of rotatable bonds is 3. The van der Waals surface area contributed by atoms with Crippen molar-refractivity contribution in [2.45, 2.75) is 5.92 Å². The van der Waals surface area contributed by atoms with Gasteiger partial charge in [0.2, 0.25) is 0 Å². The minimum Gasteiger partial charge on any atom is -0.292 e. The number of carbonyl (C=O) groups is 1. The lowest BCUT2D eigenvalue weighted by Crippen LogP contribution is -2.11. The fourth-order valence-electron chi connectivity index (χ4n) is 1.84. The quantitative estimate of drug-likeness (QED) is 0.694. The highest BCUT2D eigenvalue weighted by Crippen LogP contribution is 2.29. The van der Waals surface area contributed by atoms with Gasteiger partial charge in [-0.2, -0.15) is 5.26 Å². The van der Waals surface area contributed by atoms with Crippen molar-refractivity contribution in [3.05, 3.63) is 68.1 Å². The highest BCUT2D eigenvalue weighted by Gasteiger charge is 2.24. The molecule has 0 fully saturated rings. The van der Waals surface area contributed by atoms with Crippen LogP contribution in [0.25, 0.3) is 0 Å². The normalized spacial score (nSPS) is 11.7. The molecule has 5 heteroatoms. The molecule has 0 saturated carbocycles. The maximum atomic E-state index is 12.5. The van der Waals surface area contributed by atoms with Crippen LogP contribution >= 0.6 is 39.1 Å². The summed E-state index contributed by atoms with van der Waals surface area (Å²) in [5.74, 6) is -1.28. The molecule has 1 atom stereocenters. The largest absolute Gasteiger partial charge is 0.292 e. The summed E-state index contributed by atoms with van der Waals surface area (Å²) >= 11 is 15.3. The molecule has 0 N–H and O–H groups in total. The van der Waals surface area contributed by atoms with Gasteiger partial charge in [-0.05, 0) is 29.8 Å². The van der Waals surface area contributed by atoms with Crippen molar-refractivity contribution in [2.24, 2.45) is 0 Å². The molecule has 2 aromatic carbocycles. The Morgan fingerprint density at radius 1 is 1.20 bits per heavy atom. The van der Waals surface area contributed by atoms with E-state index in [2.05, 4.69) is 15.9 Å². The van der Waals surface area contributed by atoms with E-state index in [1.807, 2.05) is 6.07 Å². The lowest BCUT2D eigenvalue weighted by atomic mass is 9.92. The first-order valence-electron chi connectivity index (χ1n) is 5.67. The monoisotopic (exact) mass is 367 g/mol. The average Bonchev–Trinajstić information content (AvgIpc) is 2.40. The van der Waals surface area contributed by atoms with Crippen LogP contribution in [0.3, 0.4) is 0 Å². The van der Waals surface area contributed by atoms with Crippen molar-refractivity contribution in [2.75, 3.05) is 0 Å². The second-order valence-corrected chi connectivity index (χ2v) is 5.87. The van der Waals surface area contributed by atoms with E-state index in [4.69, 9.17) is 23.2 Å². The molecule has 2 rings (SSSR count). The molecule has 0 aliphatic heterocycles. The highest BCUT2D eigenvalue weighted by molar-refractivity contribution is 9.10. The predicted octanol–water partition coefficient (Wildman–Crippen LogP) is 5.25. The molecule has 0 amide bonds. The van der Waals surface area contributed by atoms with Gasteiger partial charge in [0.1, 0.15) is 5.92 Å². The van der Waals surface area contributed by atoms with Gasteiger partial charge < -0.3 is 0 Å². The van der Waals surface area contributed by atoms with Crippen molar-refractivity contribution in [3.8, 4) is 6.07 Å². The van der Waals surface area contributed by atoms with Gasteiger partial charge in [0.05, 0.1) is 6.07 Å². The third-order valence-corrected chi connectivity index (χ3v) is 3.77. The number of carbonyl (C=O) groups excluding carboxylic acids is 1. The zero-order valence-electron chi connectivity index (χ0n) is 10.1. The first-order valence-corrected chi connectivity index (χ1v) is 7.22. The summed E-state index contributed by atoms with van der Waals surface area (Å²) < 4.78 is 0.684. The third-order valence-electron chi connectivity index (χ3n) is 2.75. The van der Waals surface area contributed by atoms with E-state index in [1.54, 1.807) is 36.4 Å². The second-order valence-electron chi connectivity index (χ2n) is 4.11. The third kappa shape index (κ3) is 3.21. The van der Waals surface area contributed by atoms with Crippen molar-refractivity contribution in [1.29, 1.82) is 5.26 Å². The number of halogens is 3. The molecule has 0 spiro atoms. The lowest BCUT2D eigenvalue weighted by molar-refractivity contribution is 0.0979. The van der Waals surface area contributed by atoms with Gasteiger partial charge in [0.15, 0.2) is 5.78 Å². The van der Waals surface area contributed by atoms with E-state index >= 15 is 0 Å². The standard InChI is InChI=1S/C15H8BrCl2NO/c16-10-5-9(6-11(17)7-10)15(20)13(8-19)12-3-1-2-4-14(12)18/h1-7,13H. The topological polar surface area (TPSA) is 40.9 Å². The molecule has 0 saturated heterocycles. The lowest BCUT2D eigenvalue weighted by Gasteiger charge is -2.11. The molecule has 0 aliphatic rings. The summed E-state index contributed by atoms with van der Waals surface area (Å²) in [7, 11) is 0. The van der Waals surface area contributed by atoms with E-state index in [9.17, 15) is 10.1 Å². The zero-order valence-corrected chi connectivity index (χ0v) is 13.2. The Balaban J connectivity index is 2.45. The molecule has 0 heterocycles. The van der Waals surface area contributed by atoms with Crippen molar-refractivity contribution < 1.29 is 4.79 Å². The summed E-state index contributed by atoms with van der Waals surface area (Å²) in [6.07, 6.45) is 0. The van der Waals surface area contributed by atoms with E-state index in [1.165, 1.54) is 6.07 Å². The summed E-state index contributed by atoms with van der Waals surface area (Å²) in [5, 5.41) is 10.1. The minimum atomic E-state index is -0.950. The van der Waals surface area contributed by atoms with Gasteiger partial charge in [-0.1, -0.05) is 57.3 Å². The summed E-state index contributed by atoms with van der Waals surface area (Å²) in [5.41, 5.74) is 0.869. The fraction of sp³-hybridized carbons (Fsp3) is 0.0667. The predicted molar refractivity (Wildman–Crippen MR) is 83.3 cm³/mol. The molecule has 0 aromatic heterocycles. The summed E-state index contributed by atoms with van der Waals surface area (Å²) in [6, 6.07) is 13.7. The number of nitriles is 1. The number of hydrogen-bond acceptors (Lipinski definition) is 2. The smallest absolute Gasteiger partial charge is 0.184 e. The van der Waals surface area contributed by atoms with Gasteiger partial charge in [-0.25, -0.2) is 0 Å². The Labute approximate surface area is 135 Å². The van der Waals surface area contributed by atoms with Crippen LogP contribution in [0.2, 0.25) is 10.0 Å². The molecule has 0 aliphatic carbocycles. The van der Waals surface area contributed by atoms with Gasteiger partial charge in [-0.15, -0.1) is 0 Å². The van der Waals surface area contributed by atoms with E-state index in [0.717, 1.165) is 0 Å². The second kappa shape index (κ2) is 6.41. The number of Topliss-reactive ketones (excluding diaryl/α,β-unsaturated/α-hetero) is 1. The van der Waals surface area contributed by atoms with Crippen LogP contribution < -0.4 is 0 Å².